The Morgan fingerprint density at radius 2 is 2.20 bits per heavy atom. The van der Waals surface area contributed by atoms with Crippen molar-refractivity contribution in [3.8, 4) is 0 Å². The predicted octanol–water partition coefficient (Wildman–Crippen LogP) is 0.943. The Morgan fingerprint density at radius 3 is 2.75 bits per heavy atom. The molecule has 1 aliphatic rings. The summed E-state index contributed by atoms with van der Waals surface area (Å²) in [5.41, 5.74) is 0.0460. The van der Waals surface area contributed by atoms with Crippen LogP contribution in [0.15, 0.2) is 4.90 Å². The second-order valence-corrected chi connectivity index (χ2v) is 7.31. The largest absolute Gasteiger partial charge is 0.381 e. The number of ether oxygens (including phenoxy) is 1. The third-order valence-corrected chi connectivity index (χ3v) is 4.85. The Bertz CT molecular complexity index is 613. The molecule has 2 unspecified atom stereocenters. The summed E-state index contributed by atoms with van der Waals surface area (Å²) in [7, 11) is 2.94. The van der Waals surface area contributed by atoms with E-state index in [1.807, 2.05) is 0 Å². The molecular formula is C11H16ClN3O4S. The molecule has 0 aliphatic heterocycles. The van der Waals surface area contributed by atoms with Crippen LogP contribution in [0.4, 0.5) is 0 Å². The molecule has 0 aromatic carbocycles. The van der Waals surface area contributed by atoms with Gasteiger partial charge in [-0.05, 0) is 26.2 Å². The third kappa shape index (κ3) is 3.13. The number of methoxy groups -OCH3 is 1. The van der Waals surface area contributed by atoms with E-state index in [4.69, 9.17) is 15.4 Å². The van der Waals surface area contributed by atoms with Crippen LogP contribution in [-0.4, -0.2) is 43.8 Å². The molecule has 0 radical (unpaired) electrons. The molecule has 1 saturated carbocycles. The van der Waals surface area contributed by atoms with Crippen LogP contribution >= 0.6 is 10.7 Å². The zero-order valence-electron chi connectivity index (χ0n) is 11.1. The molecule has 112 valence electrons. The van der Waals surface area contributed by atoms with Crippen molar-refractivity contribution in [2.45, 2.75) is 43.2 Å². The third-order valence-electron chi connectivity index (χ3n) is 3.40. The second kappa shape index (κ2) is 5.71. The van der Waals surface area contributed by atoms with Crippen molar-refractivity contribution >= 4 is 25.6 Å². The van der Waals surface area contributed by atoms with E-state index in [0.29, 0.717) is 6.42 Å². The van der Waals surface area contributed by atoms with Gasteiger partial charge in [0, 0.05) is 23.8 Å². The number of hydrogen-bond donors (Lipinski definition) is 2. The number of aromatic nitrogens is 2. The van der Waals surface area contributed by atoms with Gasteiger partial charge in [-0.2, -0.15) is 5.10 Å². The lowest BCUT2D eigenvalue weighted by atomic mass is 10.2. The Labute approximate surface area is 121 Å². The quantitative estimate of drug-likeness (QED) is 0.804. The first-order valence-corrected chi connectivity index (χ1v) is 8.47. The van der Waals surface area contributed by atoms with Gasteiger partial charge < -0.3 is 10.1 Å². The van der Waals surface area contributed by atoms with Crippen molar-refractivity contribution in [2.75, 3.05) is 7.11 Å². The average molecular weight is 322 g/mol. The zero-order chi connectivity index (χ0) is 14.9. The minimum Gasteiger partial charge on any atom is -0.381 e. The topological polar surface area (TPSA) is 101 Å². The van der Waals surface area contributed by atoms with Gasteiger partial charge in [-0.25, -0.2) is 8.42 Å². The van der Waals surface area contributed by atoms with E-state index in [9.17, 15) is 13.2 Å². The molecule has 1 aromatic rings. The van der Waals surface area contributed by atoms with Gasteiger partial charge >= 0.3 is 0 Å². The summed E-state index contributed by atoms with van der Waals surface area (Å²) in [6, 6.07) is -0.0460. The monoisotopic (exact) mass is 321 g/mol. The number of halogens is 1. The fourth-order valence-electron chi connectivity index (χ4n) is 2.41. The first-order chi connectivity index (χ1) is 9.32. The number of carbonyl (C=O) groups excluding carboxylic acids is 1. The number of hydrogen-bond acceptors (Lipinski definition) is 5. The first-order valence-electron chi connectivity index (χ1n) is 6.16. The molecule has 1 aliphatic carbocycles. The Kier molecular flexibility index (Phi) is 4.36. The highest BCUT2D eigenvalue weighted by Gasteiger charge is 2.30. The Balaban J connectivity index is 2.15. The fourth-order valence-corrected chi connectivity index (χ4v) is 3.76. The molecule has 2 rings (SSSR count). The molecule has 2 atom stereocenters. The predicted molar refractivity (Wildman–Crippen MR) is 72.3 cm³/mol. The lowest BCUT2D eigenvalue weighted by Crippen LogP contribution is -2.34. The van der Waals surface area contributed by atoms with Crippen LogP contribution in [0.5, 0.6) is 0 Å². The zero-order valence-corrected chi connectivity index (χ0v) is 12.7. The first kappa shape index (κ1) is 15.3. The van der Waals surface area contributed by atoms with Crippen molar-refractivity contribution in [1.29, 1.82) is 0 Å². The maximum Gasteiger partial charge on any atom is 0.273 e. The van der Waals surface area contributed by atoms with Crippen LogP contribution in [0.3, 0.4) is 0 Å². The molecule has 0 spiro atoms. The standard InChI is InChI=1S/C11H16ClN3O4S/c1-6-10(20(12,17)18)9(15-14-6)11(16)13-7-3-4-8(5-7)19-2/h7-8H,3-5H2,1-2H3,(H,13,16)(H,14,15). The smallest absolute Gasteiger partial charge is 0.273 e. The molecule has 1 amide bonds. The number of aryl methyl sites for hydroxylation is 1. The maximum atomic E-state index is 12.1. The Hall–Kier alpha value is -1.12. The van der Waals surface area contributed by atoms with Gasteiger partial charge in [0.05, 0.1) is 11.8 Å². The highest BCUT2D eigenvalue weighted by atomic mass is 35.7. The molecule has 0 bridgehead atoms. The van der Waals surface area contributed by atoms with Gasteiger partial charge in [-0.1, -0.05) is 0 Å². The fraction of sp³-hybridized carbons (Fsp3) is 0.636. The van der Waals surface area contributed by atoms with E-state index in [1.165, 1.54) is 6.92 Å². The van der Waals surface area contributed by atoms with Gasteiger partial charge in [0.15, 0.2) is 5.69 Å². The summed E-state index contributed by atoms with van der Waals surface area (Å²) in [4.78, 5) is 11.9. The maximum absolute atomic E-state index is 12.1. The lowest BCUT2D eigenvalue weighted by molar-refractivity contribution is 0.0907. The summed E-state index contributed by atoms with van der Waals surface area (Å²) in [6.45, 7) is 1.50. The molecule has 1 aromatic heterocycles. The van der Waals surface area contributed by atoms with Crippen LogP contribution in [0, 0.1) is 6.92 Å². The van der Waals surface area contributed by atoms with E-state index in [0.717, 1.165) is 12.8 Å². The van der Waals surface area contributed by atoms with E-state index >= 15 is 0 Å². The summed E-state index contributed by atoms with van der Waals surface area (Å²) < 4.78 is 28.2. The van der Waals surface area contributed by atoms with E-state index in [2.05, 4.69) is 15.5 Å². The van der Waals surface area contributed by atoms with Gasteiger partial charge in [-0.15, -0.1) is 0 Å². The highest BCUT2D eigenvalue weighted by molar-refractivity contribution is 8.13. The van der Waals surface area contributed by atoms with E-state index < -0.39 is 15.0 Å². The van der Waals surface area contributed by atoms with Crippen molar-refractivity contribution in [3.63, 3.8) is 0 Å². The molecule has 2 N–H and O–H groups in total. The molecule has 9 heteroatoms. The molecule has 7 nitrogen and oxygen atoms in total. The number of carbonyl (C=O) groups is 1. The summed E-state index contributed by atoms with van der Waals surface area (Å²) in [5.74, 6) is -0.546. The SMILES string of the molecule is COC1CCC(NC(=O)c2n[nH]c(C)c2S(=O)(=O)Cl)C1. The molecule has 1 heterocycles. The number of H-pyrrole nitrogens is 1. The van der Waals surface area contributed by atoms with Gasteiger partial charge in [0.1, 0.15) is 4.90 Å². The number of nitrogens with zero attached hydrogens (tertiary/aromatic N) is 1. The number of rotatable bonds is 4. The normalized spacial score (nSPS) is 22.9. The van der Waals surface area contributed by atoms with Gasteiger partial charge in [0.25, 0.3) is 15.0 Å². The Morgan fingerprint density at radius 1 is 1.50 bits per heavy atom. The van der Waals surface area contributed by atoms with E-state index in [-0.39, 0.29) is 28.4 Å². The van der Waals surface area contributed by atoms with Crippen molar-refractivity contribution in [3.05, 3.63) is 11.4 Å². The minimum atomic E-state index is -4.02. The summed E-state index contributed by atoms with van der Waals surface area (Å²) in [5, 5.41) is 8.96. The summed E-state index contributed by atoms with van der Waals surface area (Å²) in [6.07, 6.45) is 2.48. The summed E-state index contributed by atoms with van der Waals surface area (Å²) >= 11 is 0. The van der Waals surface area contributed by atoms with Gasteiger partial charge in [0.2, 0.25) is 0 Å². The van der Waals surface area contributed by atoms with Gasteiger partial charge in [-0.3, -0.25) is 9.89 Å². The number of nitrogens with one attached hydrogen (secondary N) is 2. The second-order valence-electron chi connectivity index (χ2n) is 4.81. The number of amides is 1. The molecule has 20 heavy (non-hydrogen) atoms. The van der Waals surface area contributed by atoms with E-state index in [1.54, 1.807) is 7.11 Å². The van der Waals surface area contributed by atoms with Crippen LogP contribution in [-0.2, 0) is 13.8 Å². The van der Waals surface area contributed by atoms with Crippen LogP contribution < -0.4 is 5.32 Å². The highest BCUT2D eigenvalue weighted by Crippen LogP contribution is 2.24. The van der Waals surface area contributed by atoms with Crippen molar-refractivity contribution < 1.29 is 17.9 Å². The molecular weight excluding hydrogens is 306 g/mol. The molecule has 1 fully saturated rings. The van der Waals surface area contributed by atoms with Crippen LogP contribution in [0.25, 0.3) is 0 Å². The molecule has 0 saturated heterocycles. The average Bonchev–Trinajstić information content (AvgIpc) is 2.94. The van der Waals surface area contributed by atoms with Crippen molar-refractivity contribution in [2.24, 2.45) is 0 Å². The minimum absolute atomic E-state index is 0.0460. The van der Waals surface area contributed by atoms with Crippen LogP contribution in [0.2, 0.25) is 0 Å². The van der Waals surface area contributed by atoms with Crippen molar-refractivity contribution in [1.82, 2.24) is 15.5 Å². The number of aromatic amines is 1. The lowest BCUT2D eigenvalue weighted by Gasteiger charge is -2.12. The van der Waals surface area contributed by atoms with Crippen LogP contribution in [0.1, 0.15) is 35.4 Å².